The number of hydrogen-bond acceptors (Lipinski definition) is 4. The molecule has 1 N–H and O–H groups in total. The molecule has 2 aromatic rings. The van der Waals surface area contributed by atoms with E-state index < -0.39 is 15.4 Å². The molecule has 0 amide bonds. The lowest BCUT2D eigenvalue weighted by molar-refractivity contribution is 0.0889. The first kappa shape index (κ1) is 17.7. The highest BCUT2D eigenvalue weighted by Crippen LogP contribution is 2.53. The molecule has 0 unspecified atom stereocenters. The Hall–Kier alpha value is -1.70. The molecular formula is C19H25N3O3S. The number of hydrogen-bond donors (Lipinski definition) is 1. The summed E-state index contributed by atoms with van der Waals surface area (Å²) in [7, 11) is -3.60. The molecule has 3 heterocycles. The van der Waals surface area contributed by atoms with Crippen LogP contribution in [0, 0.1) is 5.41 Å². The lowest BCUT2D eigenvalue weighted by Crippen LogP contribution is -2.43. The monoisotopic (exact) mass is 375 g/mol. The molecule has 2 aliphatic rings. The molecule has 2 aliphatic heterocycles. The van der Waals surface area contributed by atoms with E-state index in [2.05, 4.69) is 5.10 Å². The maximum atomic E-state index is 13.3. The van der Waals surface area contributed by atoms with E-state index in [0.717, 1.165) is 18.4 Å². The van der Waals surface area contributed by atoms with Crippen LogP contribution in [-0.4, -0.2) is 46.3 Å². The molecule has 26 heavy (non-hydrogen) atoms. The van der Waals surface area contributed by atoms with Gasteiger partial charge in [0.05, 0.1) is 12.8 Å². The van der Waals surface area contributed by atoms with E-state index in [-0.39, 0.29) is 23.6 Å². The van der Waals surface area contributed by atoms with Crippen LogP contribution in [0.4, 0.5) is 0 Å². The van der Waals surface area contributed by atoms with Gasteiger partial charge in [-0.2, -0.15) is 9.40 Å². The van der Waals surface area contributed by atoms with Gasteiger partial charge in [-0.25, -0.2) is 8.42 Å². The van der Waals surface area contributed by atoms with Gasteiger partial charge in [-0.3, -0.25) is 4.68 Å². The van der Waals surface area contributed by atoms with Gasteiger partial charge in [-0.1, -0.05) is 30.3 Å². The van der Waals surface area contributed by atoms with E-state index >= 15 is 0 Å². The topological polar surface area (TPSA) is 75.4 Å². The smallest absolute Gasteiger partial charge is 0.246 e. The van der Waals surface area contributed by atoms with Crippen molar-refractivity contribution in [3.63, 3.8) is 0 Å². The van der Waals surface area contributed by atoms with Crippen LogP contribution in [-0.2, 0) is 23.0 Å². The summed E-state index contributed by atoms with van der Waals surface area (Å²) in [5.74, 6) is 0. The maximum Gasteiger partial charge on any atom is 0.246 e. The zero-order chi connectivity index (χ0) is 18.4. The normalized spacial score (nSPS) is 28.7. The molecule has 6 nitrogen and oxygen atoms in total. The van der Waals surface area contributed by atoms with E-state index in [4.69, 9.17) is 0 Å². The van der Waals surface area contributed by atoms with Gasteiger partial charge < -0.3 is 5.11 Å². The molecule has 7 heteroatoms. The van der Waals surface area contributed by atoms with Gasteiger partial charge >= 0.3 is 0 Å². The van der Waals surface area contributed by atoms with Gasteiger partial charge in [0.2, 0.25) is 10.0 Å². The van der Waals surface area contributed by atoms with Gasteiger partial charge in [0.25, 0.3) is 0 Å². The standard InChI is InChI=1S/C19H25N3O3S/c1-2-21-13-17(12-20-21)26(24,25)22-16-8-9-18(22)19(11-16,14-23)10-15-6-4-3-5-7-15/h3-7,12-13,16,18,23H,2,8-11,14H2,1H3/t16-,18+,19-/m0/s1. The summed E-state index contributed by atoms with van der Waals surface area (Å²) in [5, 5.41) is 14.4. The lowest BCUT2D eigenvalue weighted by Gasteiger charge is -2.36. The van der Waals surface area contributed by atoms with E-state index in [9.17, 15) is 13.5 Å². The summed E-state index contributed by atoms with van der Waals surface area (Å²) in [5.41, 5.74) is 0.739. The molecule has 140 valence electrons. The third kappa shape index (κ3) is 2.69. The van der Waals surface area contributed by atoms with Crippen molar-refractivity contribution in [1.29, 1.82) is 0 Å². The summed E-state index contributed by atoms with van der Waals surface area (Å²) < 4.78 is 29.8. The van der Waals surface area contributed by atoms with Crippen molar-refractivity contribution in [3.8, 4) is 0 Å². The Morgan fingerprint density at radius 1 is 1.27 bits per heavy atom. The van der Waals surface area contributed by atoms with Crippen LogP contribution in [0.5, 0.6) is 0 Å². The summed E-state index contributed by atoms with van der Waals surface area (Å²) in [6.07, 6.45) is 6.12. The number of aryl methyl sites for hydroxylation is 1. The van der Waals surface area contributed by atoms with Crippen molar-refractivity contribution in [2.24, 2.45) is 5.41 Å². The highest BCUT2D eigenvalue weighted by atomic mass is 32.2. The van der Waals surface area contributed by atoms with E-state index in [1.165, 1.54) is 6.20 Å². The van der Waals surface area contributed by atoms with Gasteiger partial charge in [-0.15, -0.1) is 0 Å². The Morgan fingerprint density at radius 3 is 2.69 bits per heavy atom. The second kappa shape index (κ2) is 6.48. The van der Waals surface area contributed by atoms with Gasteiger partial charge in [-0.05, 0) is 38.2 Å². The number of aromatic nitrogens is 2. The fourth-order valence-corrected chi connectivity index (χ4v) is 6.70. The SMILES string of the molecule is CCn1cc(S(=O)(=O)N2[C@H]3CC[C@@H]2[C@@](CO)(Cc2ccccc2)C3)cn1. The Bertz CT molecular complexity index is 880. The molecule has 1 aromatic heterocycles. The van der Waals surface area contributed by atoms with Crippen molar-refractivity contribution >= 4 is 10.0 Å². The van der Waals surface area contributed by atoms with Gasteiger partial charge in [0, 0.05) is 30.2 Å². The second-order valence-electron chi connectivity index (χ2n) is 7.50. The van der Waals surface area contributed by atoms with Crippen molar-refractivity contribution in [2.75, 3.05) is 6.61 Å². The number of aliphatic hydroxyl groups is 1. The molecule has 0 saturated carbocycles. The molecule has 0 spiro atoms. The summed E-state index contributed by atoms with van der Waals surface area (Å²) in [6, 6.07) is 9.85. The van der Waals surface area contributed by atoms with Crippen LogP contribution in [0.3, 0.4) is 0 Å². The van der Waals surface area contributed by atoms with Crippen LogP contribution in [0.15, 0.2) is 47.6 Å². The minimum atomic E-state index is -3.60. The zero-order valence-electron chi connectivity index (χ0n) is 15.0. The van der Waals surface area contributed by atoms with Crippen molar-refractivity contribution in [1.82, 2.24) is 14.1 Å². The predicted molar refractivity (Wildman–Crippen MR) is 98.0 cm³/mol. The zero-order valence-corrected chi connectivity index (χ0v) is 15.8. The molecule has 4 rings (SSSR count). The third-order valence-corrected chi connectivity index (χ3v) is 7.93. The average Bonchev–Trinajstić information content (AvgIpc) is 3.36. The van der Waals surface area contributed by atoms with Crippen LogP contribution in [0.1, 0.15) is 31.7 Å². The molecule has 2 saturated heterocycles. The molecule has 3 atom stereocenters. The Morgan fingerprint density at radius 2 is 2.04 bits per heavy atom. The highest BCUT2D eigenvalue weighted by molar-refractivity contribution is 7.89. The van der Waals surface area contributed by atoms with Crippen LogP contribution < -0.4 is 0 Å². The number of aliphatic hydroxyl groups excluding tert-OH is 1. The number of sulfonamides is 1. The van der Waals surface area contributed by atoms with E-state index in [1.54, 1.807) is 15.2 Å². The van der Waals surface area contributed by atoms with Crippen LogP contribution in [0.25, 0.3) is 0 Å². The Labute approximate surface area is 154 Å². The third-order valence-electron chi connectivity index (χ3n) is 6.01. The van der Waals surface area contributed by atoms with Crippen molar-refractivity contribution in [2.45, 2.75) is 56.1 Å². The van der Waals surface area contributed by atoms with Crippen LogP contribution in [0.2, 0.25) is 0 Å². The van der Waals surface area contributed by atoms with Crippen molar-refractivity contribution in [3.05, 3.63) is 48.3 Å². The first-order valence-electron chi connectivity index (χ1n) is 9.21. The first-order valence-corrected chi connectivity index (χ1v) is 10.6. The fourth-order valence-electron chi connectivity index (χ4n) is 4.79. The molecule has 1 aromatic carbocycles. The molecule has 2 bridgehead atoms. The molecule has 0 aliphatic carbocycles. The largest absolute Gasteiger partial charge is 0.396 e. The first-order chi connectivity index (χ1) is 12.5. The summed E-state index contributed by atoms with van der Waals surface area (Å²) >= 11 is 0. The van der Waals surface area contributed by atoms with Crippen molar-refractivity contribution < 1.29 is 13.5 Å². The number of nitrogens with zero attached hydrogens (tertiary/aromatic N) is 3. The van der Waals surface area contributed by atoms with Gasteiger partial charge in [0.15, 0.2) is 0 Å². The average molecular weight is 375 g/mol. The Balaban J connectivity index is 1.67. The summed E-state index contributed by atoms with van der Waals surface area (Å²) in [4.78, 5) is 0.254. The van der Waals surface area contributed by atoms with Gasteiger partial charge in [0.1, 0.15) is 4.90 Å². The maximum absolute atomic E-state index is 13.3. The Kier molecular flexibility index (Phi) is 4.41. The highest BCUT2D eigenvalue weighted by Gasteiger charge is 2.59. The van der Waals surface area contributed by atoms with E-state index in [1.807, 2.05) is 37.3 Å². The molecule has 0 radical (unpaired) electrons. The predicted octanol–water partition coefficient (Wildman–Crippen LogP) is 2.05. The number of fused-ring (bicyclic) bond motifs is 2. The minimum Gasteiger partial charge on any atom is -0.396 e. The lowest BCUT2D eigenvalue weighted by atomic mass is 9.70. The molecule has 2 fully saturated rings. The number of benzene rings is 1. The minimum absolute atomic E-state index is 0.00328. The summed E-state index contributed by atoms with van der Waals surface area (Å²) in [6.45, 7) is 2.57. The second-order valence-corrected chi connectivity index (χ2v) is 9.34. The fraction of sp³-hybridized carbons (Fsp3) is 0.526. The van der Waals surface area contributed by atoms with E-state index in [0.29, 0.717) is 19.4 Å². The molecular weight excluding hydrogens is 350 g/mol. The van der Waals surface area contributed by atoms with Crippen LogP contribution >= 0.6 is 0 Å². The number of rotatable bonds is 6. The quantitative estimate of drug-likeness (QED) is 0.838.